The van der Waals surface area contributed by atoms with Gasteiger partial charge in [-0.2, -0.15) is 0 Å². The van der Waals surface area contributed by atoms with E-state index in [9.17, 15) is 0 Å². The number of hydrogen-bond acceptors (Lipinski definition) is 1. The molecule has 30 heavy (non-hydrogen) atoms. The van der Waals surface area contributed by atoms with E-state index < -0.39 is 0 Å². The second-order valence-electron chi connectivity index (χ2n) is 8.39. The molecule has 1 N–H and O–H groups in total. The van der Waals surface area contributed by atoms with Crippen molar-refractivity contribution in [3.8, 4) is 0 Å². The van der Waals surface area contributed by atoms with Crippen LogP contribution in [0.15, 0.2) is 97.1 Å². The number of allylic oxidation sites excluding steroid dienone is 2. The molecule has 3 aromatic rings. The summed E-state index contributed by atoms with van der Waals surface area (Å²) in [5.41, 5.74) is 6.15. The second kappa shape index (κ2) is 10.1. The van der Waals surface area contributed by atoms with Crippen LogP contribution in [0.3, 0.4) is 0 Å². The van der Waals surface area contributed by atoms with Crippen LogP contribution >= 0.6 is 0 Å². The summed E-state index contributed by atoms with van der Waals surface area (Å²) in [5.74, 6) is 0.889. The van der Waals surface area contributed by atoms with Gasteiger partial charge in [-0.25, -0.2) is 0 Å². The summed E-state index contributed by atoms with van der Waals surface area (Å²) in [4.78, 5) is 0. The third-order valence-corrected chi connectivity index (χ3v) is 6.02. The highest BCUT2D eigenvalue weighted by molar-refractivity contribution is 5.81. The van der Waals surface area contributed by atoms with Crippen LogP contribution < -0.4 is 5.32 Å². The van der Waals surface area contributed by atoms with Crippen LogP contribution in [0.5, 0.6) is 0 Å². The molecule has 1 aliphatic rings. The van der Waals surface area contributed by atoms with Crippen molar-refractivity contribution in [3.63, 3.8) is 0 Å². The predicted octanol–water partition coefficient (Wildman–Crippen LogP) is 7.82. The zero-order valence-corrected chi connectivity index (χ0v) is 17.8. The van der Waals surface area contributed by atoms with E-state index in [0.29, 0.717) is 6.04 Å². The third kappa shape index (κ3) is 5.51. The Kier molecular flexibility index (Phi) is 6.82. The van der Waals surface area contributed by atoms with E-state index in [1.807, 2.05) is 0 Å². The molecule has 0 atom stereocenters. The zero-order valence-electron chi connectivity index (χ0n) is 17.8. The molecule has 0 aromatic heterocycles. The summed E-state index contributed by atoms with van der Waals surface area (Å²) in [6.45, 7) is 2.37. The molecule has 0 aliphatic heterocycles. The number of benzene rings is 3. The minimum Gasteiger partial charge on any atom is -0.382 e. The molecule has 1 heteroatoms. The standard InChI is InChI=1S/C29H31N/c1-23-15-19-27(20-16-23)30-28-21-17-24(18-22-28)9-8-14-29(25-10-4-2-5-11-25)26-12-6-3-7-13-26/h2-14,17-18,21-23,27,30H,15-16,19-20H2,1H3. The van der Waals surface area contributed by atoms with Crippen molar-refractivity contribution < 1.29 is 0 Å². The van der Waals surface area contributed by atoms with Gasteiger partial charge in [-0.05, 0) is 66.0 Å². The summed E-state index contributed by atoms with van der Waals surface area (Å²) in [6.07, 6.45) is 11.8. The van der Waals surface area contributed by atoms with E-state index in [0.717, 1.165) is 5.92 Å². The molecule has 3 aromatic carbocycles. The molecule has 0 spiro atoms. The molecule has 1 nitrogen and oxygen atoms in total. The molecule has 4 rings (SSSR count). The maximum absolute atomic E-state index is 3.71. The maximum Gasteiger partial charge on any atom is 0.0342 e. The monoisotopic (exact) mass is 393 g/mol. The van der Waals surface area contributed by atoms with Gasteiger partial charge in [0.2, 0.25) is 0 Å². The lowest BCUT2D eigenvalue weighted by molar-refractivity contribution is 0.361. The van der Waals surface area contributed by atoms with E-state index in [1.54, 1.807) is 0 Å². The highest BCUT2D eigenvalue weighted by atomic mass is 14.9. The van der Waals surface area contributed by atoms with Crippen molar-refractivity contribution in [1.82, 2.24) is 0 Å². The van der Waals surface area contributed by atoms with Crippen LogP contribution in [0.25, 0.3) is 11.6 Å². The molecule has 1 aliphatic carbocycles. The first-order valence-electron chi connectivity index (χ1n) is 11.1. The van der Waals surface area contributed by atoms with E-state index in [4.69, 9.17) is 0 Å². The van der Waals surface area contributed by atoms with Gasteiger partial charge in [0.25, 0.3) is 0 Å². The van der Waals surface area contributed by atoms with Crippen molar-refractivity contribution in [3.05, 3.63) is 114 Å². The predicted molar refractivity (Wildman–Crippen MR) is 130 cm³/mol. The van der Waals surface area contributed by atoms with Gasteiger partial charge in [0.15, 0.2) is 0 Å². The van der Waals surface area contributed by atoms with E-state index >= 15 is 0 Å². The Hall–Kier alpha value is -3.06. The van der Waals surface area contributed by atoms with Crippen molar-refractivity contribution in [1.29, 1.82) is 0 Å². The summed E-state index contributed by atoms with van der Waals surface area (Å²) in [5, 5.41) is 3.71. The van der Waals surface area contributed by atoms with Gasteiger partial charge in [0.1, 0.15) is 0 Å². The van der Waals surface area contributed by atoms with Crippen LogP contribution in [0.4, 0.5) is 5.69 Å². The molecular formula is C29H31N. The Morgan fingerprint density at radius 3 is 1.87 bits per heavy atom. The fourth-order valence-electron chi connectivity index (χ4n) is 4.18. The topological polar surface area (TPSA) is 12.0 Å². The first kappa shape index (κ1) is 20.2. The summed E-state index contributed by atoms with van der Waals surface area (Å²) in [6, 6.07) is 30.6. The highest BCUT2D eigenvalue weighted by Gasteiger charge is 2.17. The van der Waals surface area contributed by atoms with E-state index in [1.165, 1.54) is 53.6 Å². The molecular weight excluding hydrogens is 362 g/mol. The van der Waals surface area contributed by atoms with Crippen molar-refractivity contribution in [2.45, 2.75) is 38.6 Å². The minimum atomic E-state index is 0.629. The van der Waals surface area contributed by atoms with Crippen LogP contribution in [-0.4, -0.2) is 6.04 Å². The van der Waals surface area contributed by atoms with Crippen molar-refractivity contribution >= 4 is 17.3 Å². The van der Waals surface area contributed by atoms with E-state index in [-0.39, 0.29) is 0 Å². The largest absolute Gasteiger partial charge is 0.382 e. The average Bonchev–Trinajstić information content (AvgIpc) is 2.80. The lowest BCUT2D eigenvalue weighted by Gasteiger charge is -2.27. The van der Waals surface area contributed by atoms with Crippen molar-refractivity contribution in [2.75, 3.05) is 5.32 Å². The summed E-state index contributed by atoms with van der Waals surface area (Å²) < 4.78 is 0. The Morgan fingerprint density at radius 1 is 0.733 bits per heavy atom. The smallest absolute Gasteiger partial charge is 0.0342 e. The summed E-state index contributed by atoms with van der Waals surface area (Å²) >= 11 is 0. The number of anilines is 1. The third-order valence-electron chi connectivity index (χ3n) is 6.02. The van der Waals surface area contributed by atoms with Crippen molar-refractivity contribution in [2.24, 2.45) is 5.92 Å². The van der Waals surface area contributed by atoms with Gasteiger partial charge in [-0.1, -0.05) is 97.9 Å². The lowest BCUT2D eigenvalue weighted by atomic mass is 9.87. The number of hydrogen-bond donors (Lipinski definition) is 1. The van der Waals surface area contributed by atoms with Gasteiger partial charge in [0, 0.05) is 11.7 Å². The molecule has 0 radical (unpaired) electrons. The fraction of sp³-hybridized carbons (Fsp3) is 0.241. The molecule has 0 saturated heterocycles. The molecule has 0 heterocycles. The molecule has 1 fully saturated rings. The maximum atomic E-state index is 3.71. The number of rotatable bonds is 6. The Labute approximate surface area is 181 Å². The Balaban J connectivity index is 1.45. The summed E-state index contributed by atoms with van der Waals surface area (Å²) in [7, 11) is 0. The highest BCUT2D eigenvalue weighted by Crippen LogP contribution is 2.26. The van der Waals surface area contributed by atoms with Gasteiger partial charge >= 0.3 is 0 Å². The lowest BCUT2D eigenvalue weighted by Crippen LogP contribution is -2.25. The second-order valence-corrected chi connectivity index (χ2v) is 8.39. The van der Waals surface area contributed by atoms with Crippen LogP contribution in [0.2, 0.25) is 0 Å². The van der Waals surface area contributed by atoms with Crippen LogP contribution in [-0.2, 0) is 0 Å². The normalized spacial score (nSPS) is 18.8. The van der Waals surface area contributed by atoms with Gasteiger partial charge < -0.3 is 5.32 Å². The first-order chi connectivity index (χ1) is 14.8. The zero-order chi connectivity index (χ0) is 20.6. The Morgan fingerprint density at radius 2 is 1.30 bits per heavy atom. The molecule has 0 unspecified atom stereocenters. The fourth-order valence-corrected chi connectivity index (χ4v) is 4.18. The average molecular weight is 394 g/mol. The SMILES string of the molecule is CC1CCC(Nc2ccc(C=CC=C(c3ccccc3)c3ccccc3)cc2)CC1. The van der Waals surface area contributed by atoms with E-state index in [2.05, 4.69) is 115 Å². The number of nitrogens with one attached hydrogen (secondary N) is 1. The van der Waals surface area contributed by atoms with Gasteiger partial charge in [0.05, 0.1) is 0 Å². The van der Waals surface area contributed by atoms with Gasteiger partial charge in [-0.3, -0.25) is 0 Å². The molecule has 0 amide bonds. The Bertz CT molecular complexity index is 918. The minimum absolute atomic E-state index is 0.629. The van der Waals surface area contributed by atoms with Crippen LogP contribution in [0.1, 0.15) is 49.3 Å². The van der Waals surface area contributed by atoms with Crippen LogP contribution in [0, 0.1) is 5.92 Å². The molecule has 152 valence electrons. The van der Waals surface area contributed by atoms with Gasteiger partial charge in [-0.15, -0.1) is 0 Å². The molecule has 1 saturated carbocycles. The first-order valence-corrected chi connectivity index (χ1v) is 11.1. The quantitative estimate of drug-likeness (QED) is 0.421. The molecule has 0 bridgehead atoms.